The lowest BCUT2D eigenvalue weighted by atomic mass is 10.2. The summed E-state index contributed by atoms with van der Waals surface area (Å²) in [6.07, 6.45) is 0.544. The van der Waals surface area contributed by atoms with Crippen LogP contribution >= 0.6 is 0 Å². The highest BCUT2D eigenvalue weighted by Crippen LogP contribution is 2.16. The van der Waals surface area contributed by atoms with E-state index in [0.29, 0.717) is 36.8 Å². The van der Waals surface area contributed by atoms with Gasteiger partial charge in [0.25, 0.3) is 5.91 Å². The van der Waals surface area contributed by atoms with Crippen LogP contribution in [0.3, 0.4) is 0 Å². The number of amides is 1. The van der Waals surface area contributed by atoms with E-state index in [-0.39, 0.29) is 23.5 Å². The summed E-state index contributed by atoms with van der Waals surface area (Å²) in [6, 6.07) is 1.49. The van der Waals surface area contributed by atoms with Crippen LogP contribution in [0.4, 0.5) is 5.95 Å². The molecule has 8 nitrogen and oxygen atoms in total. The minimum Gasteiger partial charge on any atom is -0.350 e. The lowest BCUT2D eigenvalue weighted by Gasteiger charge is -2.33. The normalized spacial score (nSPS) is 23.6. The van der Waals surface area contributed by atoms with Crippen molar-refractivity contribution in [2.45, 2.75) is 26.3 Å². The highest BCUT2D eigenvalue weighted by molar-refractivity contribution is 7.91. The van der Waals surface area contributed by atoms with Crippen molar-refractivity contribution < 1.29 is 13.2 Å². The summed E-state index contributed by atoms with van der Waals surface area (Å²) < 4.78 is 23.2. The van der Waals surface area contributed by atoms with E-state index in [1.54, 1.807) is 6.07 Å². The van der Waals surface area contributed by atoms with E-state index in [1.165, 1.54) is 0 Å². The summed E-state index contributed by atoms with van der Waals surface area (Å²) in [5, 5.41) is 3.07. The van der Waals surface area contributed by atoms with Crippen molar-refractivity contribution in [2.24, 2.45) is 0 Å². The number of nitrogens with zero attached hydrogens (tertiary/aromatic N) is 4. The van der Waals surface area contributed by atoms with Gasteiger partial charge in [-0.05, 0) is 26.0 Å². The lowest BCUT2D eigenvalue weighted by Crippen LogP contribution is -2.48. The highest BCUT2D eigenvalue weighted by Gasteiger charge is 2.29. The Bertz CT molecular complexity index is 744. The second-order valence-corrected chi connectivity index (χ2v) is 8.92. The van der Waals surface area contributed by atoms with Crippen LogP contribution in [-0.4, -0.2) is 84.4 Å². The second kappa shape index (κ2) is 7.25. The number of carbonyl (C=O) groups is 1. The van der Waals surface area contributed by atoms with Gasteiger partial charge in [-0.1, -0.05) is 6.92 Å². The minimum absolute atomic E-state index is 0.0898. The van der Waals surface area contributed by atoms with E-state index in [0.717, 1.165) is 19.6 Å². The van der Waals surface area contributed by atoms with Gasteiger partial charge in [-0.15, -0.1) is 0 Å². The first kappa shape index (κ1) is 18.1. The van der Waals surface area contributed by atoms with Crippen LogP contribution in [0.25, 0.3) is 0 Å². The largest absolute Gasteiger partial charge is 0.350 e. The predicted molar refractivity (Wildman–Crippen MR) is 95.5 cm³/mol. The van der Waals surface area contributed by atoms with E-state index in [2.05, 4.69) is 27.1 Å². The van der Waals surface area contributed by atoms with Crippen molar-refractivity contribution in [1.82, 2.24) is 19.8 Å². The maximum absolute atomic E-state index is 12.7. The zero-order valence-electron chi connectivity index (χ0n) is 14.7. The minimum atomic E-state index is -2.97. The first-order chi connectivity index (χ1) is 11.9. The Morgan fingerprint density at radius 3 is 2.60 bits per heavy atom. The van der Waals surface area contributed by atoms with Gasteiger partial charge in [-0.2, -0.15) is 0 Å². The number of hydrogen-bond donors (Lipinski definition) is 1. The Morgan fingerprint density at radius 2 is 2.00 bits per heavy atom. The van der Waals surface area contributed by atoms with Gasteiger partial charge in [-0.25, -0.2) is 18.4 Å². The van der Waals surface area contributed by atoms with Crippen LogP contribution in [-0.2, 0) is 9.84 Å². The lowest BCUT2D eigenvalue weighted by molar-refractivity contribution is 0.0637. The molecule has 138 valence electrons. The molecule has 25 heavy (non-hydrogen) atoms. The number of aryl methyl sites for hydroxylation is 1. The molecule has 3 heterocycles. The van der Waals surface area contributed by atoms with Crippen LogP contribution in [0.1, 0.15) is 29.5 Å². The van der Waals surface area contributed by atoms with Gasteiger partial charge in [-0.3, -0.25) is 4.79 Å². The Hall–Kier alpha value is -1.74. The molecular weight excluding hydrogens is 342 g/mol. The van der Waals surface area contributed by atoms with Gasteiger partial charge in [0.15, 0.2) is 9.84 Å². The third-order valence-corrected chi connectivity index (χ3v) is 6.51. The topological polar surface area (TPSA) is 95.5 Å². The molecule has 1 atom stereocenters. The number of piperazine rings is 1. The van der Waals surface area contributed by atoms with Crippen LogP contribution in [0.5, 0.6) is 0 Å². The Kier molecular flexibility index (Phi) is 5.24. The van der Waals surface area contributed by atoms with Crippen LogP contribution in [0.2, 0.25) is 0 Å². The van der Waals surface area contributed by atoms with Gasteiger partial charge in [0.2, 0.25) is 5.95 Å². The standard InChI is InChI=1S/C16H25N5O3S/c1-3-20-5-7-21(8-6-20)15(22)14-10-12(2)17-16(19-14)18-13-4-9-25(23,24)11-13/h10,13H,3-9,11H2,1-2H3,(H,17,18,19). The Morgan fingerprint density at radius 1 is 1.28 bits per heavy atom. The molecule has 2 aliphatic rings. The fourth-order valence-electron chi connectivity index (χ4n) is 3.26. The van der Waals surface area contributed by atoms with Gasteiger partial charge in [0.05, 0.1) is 11.5 Å². The number of carbonyl (C=O) groups excluding carboxylic acids is 1. The van der Waals surface area contributed by atoms with E-state index >= 15 is 0 Å². The van der Waals surface area contributed by atoms with Gasteiger partial charge in [0.1, 0.15) is 5.69 Å². The fourth-order valence-corrected chi connectivity index (χ4v) is 4.94. The summed E-state index contributed by atoms with van der Waals surface area (Å²) in [6.45, 7) is 8.05. The third-order valence-electron chi connectivity index (χ3n) is 4.75. The third kappa shape index (κ3) is 4.46. The number of sulfone groups is 1. The maximum Gasteiger partial charge on any atom is 0.272 e. The average Bonchev–Trinajstić information content (AvgIpc) is 2.92. The molecule has 1 N–H and O–H groups in total. The van der Waals surface area contributed by atoms with Crippen molar-refractivity contribution in [3.63, 3.8) is 0 Å². The molecular formula is C16H25N5O3S. The molecule has 2 saturated heterocycles. The molecule has 3 rings (SSSR count). The van der Waals surface area contributed by atoms with E-state index < -0.39 is 9.84 Å². The van der Waals surface area contributed by atoms with Gasteiger partial charge >= 0.3 is 0 Å². The second-order valence-electron chi connectivity index (χ2n) is 6.69. The van der Waals surface area contributed by atoms with Crippen LogP contribution < -0.4 is 5.32 Å². The summed E-state index contributed by atoms with van der Waals surface area (Å²) in [7, 11) is -2.97. The van der Waals surface area contributed by atoms with Crippen molar-refractivity contribution in [2.75, 3.05) is 49.5 Å². The van der Waals surface area contributed by atoms with Crippen LogP contribution in [0, 0.1) is 6.92 Å². The molecule has 0 spiro atoms. The molecule has 9 heteroatoms. The highest BCUT2D eigenvalue weighted by atomic mass is 32.2. The molecule has 2 aliphatic heterocycles. The first-order valence-electron chi connectivity index (χ1n) is 8.70. The van der Waals surface area contributed by atoms with Crippen molar-refractivity contribution in [3.8, 4) is 0 Å². The molecule has 0 saturated carbocycles. The SMILES string of the molecule is CCN1CCN(C(=O)c2cc(C)nc(NC3CCS(=O)(=O)C3)n2)CC1. The summed E-state index contributed by atoms with van der Waals surface area (Å²) in [5.41, 5.74) is 1.05. The van der Waals surface area contributed by atoms with Gasteiger partial charge < -0.3 is 15.1 Å². The summed E-state index contributed by atoms with van der Waals surface area (Å²) in [5.74, 6) is 0.511. The smallest absolute Gasteiger partial charge is 0.272 e. The number of hydrogen-bond acceptors (Lipinski definition) is 7. The van der Waals surface area contributed by atoms with E-state index in [1.807, 2.05) is 11.8 Å². The summed E-state index contributed by atoms with van der Waals surface area (Å²) in [4.78, 5) is 25.5. The van der Waals surface area contributed by atoms with Crippen LogP contribution in [0.15, 0.2) is 6.07 Å². The number of likely N-dealkylation sites (N-methyl/N-ethyl adjacent to an activating group) is 1. The molecule has 2 fully saturated rings. The Balaban J connectivity index is 1.70. The van der Waals surface area contributed by atoms with Gasteiger partial charge in [0, 0.05) is 37.9 Å². The van der Waals surface area contributed by atoms with E-state index in [9.17, 15) is 13.2 Å². The number of anilines is 1. The number of aromatic nitrogens is 2. The Labute approximate surface area is 148 Å². The van der Waals surface area contributed by atoms with Crippen molar-refractivity contribution in [3.05, 3.63) is 17.5 Å². The number of rotatable bonds is 4. The molecule has 1 aromatic heterocycles. The number of nitrogens with one attached hydrogen (secondary N) is 1. The molecule has 0 aromatic carbocycles. The van der Waals surface area contributed by atoms with E-state index in [4.69, 9.17) is 0 Å². The zero-order chi connectivity index (χ0) is 18.0. The molecule has 0 radical (unpaired) electrons. The molecule has 1 unspecified atom stereocenters. The maximum atomic E-state index is 12.7. The molecule has 0 aliphatic carbocycles. The monoisotopic (exact) mass is 367 g/mol. The molecule has 1 aromatic rings. The summed E-state index contributed by atoms with van der Waals surface area (Å²) >= 11 is 0. The quantitative estimate of drug-likeness (QED) is 0.810. The van der Waals surface area contributed by atoms with Crippen molar-refractivity contribution >= 4 is 21.7 Å². The van der Waals surface area contributed by atoms with Crippen molar-refractivity contribution in [1.29, 1.82) is 0 Å². The first-order valence-corrected chi connectivity index (χ1v) is 10.5. The average molecular weight is 367 g/mol. The zero-order valence-corrected chi connectivity index (χ0v) is 15.5. The fraction of sp³-hybridized carbons (Fsp3) is 0.688. The molecule has 1 amide bonds. The predicted octanol–water partition coefficient (Wildman–Crippen LogP) is 0.162. The molecule has 0 bridgehead atoms.